The van der Waals surface area contributed by atoms with E-state index in [2.05, 4.69) is 5.32 Å². The van der Waals surface area contributed by atoms with Crippen molar-refractivity contribution in [1.82, 2.24) is 5.32 Å². The maximum Gasteiger partial charge on any atom is 0.308 e. The molecule has 1 atom stereocenters. The minimum Gasteiger partial charge on any atom is -0.507 e. The lowest BCUT2D eigenvalue weighted by atomic mass is 9.96. The van der Waals surface area contributed by atoms with E-state index in [4.69, 9.17) is 9.84 Å². The molecule has 0 spiro atoms. The second kappa shape index (κ2) is 6.79. The van der Waals surface area contributed by atoms with Gasteiger partial charge in [-0.2, -0.15) is 0 Å². The zero-order valence-corrected chi connectivity index (χ0v) is 11.7. The quantitative estimate of drug-likeness (QED) is 0.734. The number of amides is 1. The summed E-state index contributed by atoms with van der Waals surface area (Å²) in [7, 11) is 1.45. The molecule has 0 aliphatic carbocycles. The van der Waals surface area contributed by atoms with Crippen molar-refractivity contribution in [3.05, 3.63) is 23.8 Å². The number of hydrogen-bond acceptors (Lipinski definition) is 4. The third-order valence-corrected chi connectivity index (χ3v) is 3.05. The van der Waals surface area contributed by atoms with Crippen molar-refractivity contribution in [2.24, 2.45) is 11.8 Å². The van der Waals surface area contributed by atoms with E-state index in [-0.39, 0.29) is 23.8 Å². The Morgan fingerprint density at radius 1 is 1.35 bits per heavy atom. The molecule has 110 valence electrons. The van der Waals surface area contributed by atoms with Gasteiger partial charge in [-0.3, -0.25) is 9.59 Å². The van der Waals surface area contributed by atoms with Crippen LogP contribution in [0.2, 0.25) is 0 Å². The first-order chi connectivity index (χ1) is 9.36. The number of hydrogen-bond donors (Lipinski definition) is 3. The van der Waals surface area contributed by atoms with Gasteiger partial charge in [0.15, 0.2) is 0 Å². The van der Waals surface area contributed by atoms with Crippen molar-refractivity contribution in [1.29, 1.82) is 0 Å². The standard InChI is InChI=1S/C14H19NO5/c1-8(2)11(14(18)19)7-15-13(17)10-5-4-9(20-3)6-12(10)16/h4-6,8,11,16H,7H2,1-3H3,(H,15,17)(H,18,19). The highest BCUT2D eigenvalue weighted by Crippen LogP contribution is 2.23. The molecule has 0 radical (unpaired) electrons. The summed E-state index contributed by atoms with van der Waals surface area (Å²) in [6, 6.07) is 4.30. The number of aromatic hydroxyl groups is 1. The van der Waals surface area contributed by atoms with Crippen LogP contribution in [0.3, 0.4) is 0 Å². The number of carbonyl (C=O) groups is 2. The summed E-state index contributed by atoms with van der Waals surface area (Å²) < 4.78 is 4.92. The van der Waals surface area contributed by atoms with Crippen LogP contribution in [0, 0.1) is 11.8 Å². The maximum absolute atomic E-state index is 11.9. The predicted octanol–water partition coefficient (Wildman–Crippen LogP) is 1.49. The molecule has 1 aromatic carbocycles. The van der Waals surface area contributed by atoms with Crippen molar-refractivity contribution < 1.29 is 24.5 Å². The van der Waals surface area contributed by atoms with Crippen LogP contribution >= 0.6 is 0 Å². The van der Waals surface area contributed by atoms with Crippen LogP contribution < -0.4 is 10.1 Å². The van der Waals surface area contributed by atoms with E-state index in [0.29, 0.717) is 5.75 Å². The average Bonchev–Trinajstić information content (AvgIpc) is 2.37. The van der Waals surface area contributed by atoms with E-state index in [1.54, 1.807) is 19.9 Å². The van der Waals surface area contributed by atoms with Gasteiger partial charge in [-0.05, 0) is 18.1 Å². The van der Waals surface area contributed by atoms with Crippen LogP contribution in [0.4, 0.5) is 0 Å². The SMILES string of the molecule is COc1ccc(C(=O)NCC(C(=O)O)C(C)C)c(O)c1. The summed E-state index contributed by atoms with van der Waals surface area (Å²) in [4.78, 5) is 22.9. The lowest BCUT2D eigenvalue weighted by Gasteiger charge is -2.17. The van der Waals surface area contributed by atoms with E-state index < -0.39 is 17.8 Å². The maximum atomic E-state index is 11.9. The Labute approximate surface area is 117 Å². The smallest absolute Gasteiger partial charge is 0.308 e. The zero-order chi connectivity index (χ0) is 15.3. The summed E-state index contributed by atoms with van der Waals surface area (Å²) >= 11 is 0. The van der Waals surface area contributed by atoms with Crippen LogP contribution in [-0.4, -0.2) is 35.7 Å². The Hall–Kier alpha value is -2.24. The van der Waals surface area contributed by atoms with Crippen LogP contribution in [0.15, 0.2) is 18.2 Å². The average molecular weight is 281 g/mol. The topological polar surface area (TPSA) is 95.9 Å². The van der Waals surface area contributed by atoms with Gasteiger partial charge in [0.05, 0.1) is 18.6 Å². The van der Waals surface area contributed by atoms with Crippen molar-refractivity contribution in [2.75, 3.05) is 13.7 Å². The fourth-order valence-electron chi connectivity index (χ4n) is 1.74. The largest absolute Gasteiger partial charge is 0.507 e. The number of carbonyl (C=O) groups excluding carboxylic acids is 1. The molecule has 0 bridgehead atoms. The van der Waals surface area contributed by atoms with E-state index in [0.717, 1.165) is 0 Å². The van der Waals surface area contributed by atoms with Gasteiger partial charge in [0.1, 0.15) is 11.5 Å². The second-order valence-electron chi connectivity index (χ2n) is 4.78. The number of methoxy groups -OCH3 is 1. The molecular formula is C14H19NO5. The fraction of sp³-hybridized carbons (Fsp3) is 0.429. The van der Waals surface area contributed by atoms with Crippen molar-refractivity contribution in [3.8, 4) is 11.5 Å². The predicted molar refractivity (Wildman–Crippen MR) is 73.0 cm³/mol. The van der Waals surface area contributed by atoms with Crippen LogP contribution in [0.5, 0.6) is 11.5 Å². The molecule has 0 fully saturated rings. The second-order valence-corrected chi connectivity index (χ2v) is 4.78. The molecule has 0 aromatic heterocycles. The fourth-order valence-corrected chi connectivity index (χ4v) is 1.74. The Morgan fingerprint density at radius 2 is 2.00 bits per heavy atom. The number of aliphatic carboxylic acids is 1. The Bertz CT molecular complexity index is 498. The summed E-state index contributed by atoms with van der Waals surface area (Å²) in [5, 5.41) is 21.3. The first kappa shape index (κ1) is 15.8. The van der Waals surface area contributed by atoms with E-state index in [1.807, 2.05) is 0 Å². The molecule has 0 aliphatic heterocycles. The number of benzene rings is 1. The van der Waals surface area contributed by atoms with Gasteiger partial charge < -0.3 is 20.3 Å². The molecule has 0 heterocycles. The normalized spacial score (nSPS) is 12.0. The van der Waals surface area contributed by atoms with E-state index in [9.17, 15) is 14.7 Å². The lowest BCUT2D eigenvalue weighted by Crippen LogP contribution is -2.35. The molecule has 20 heavy (non-hydrogen) atoms. The van der Waals surface area contributed by atoms with Crippen LogP contribution in [0.25, 0.3) is 0 Å². The molecular weight excluding hydrogens is 262 g/mol. The molecule has 0 saturated heterocycles. The summed E-state index contributed by atoms with van der Waals surface area (Å²) in [5.74, 6) is -2.02. The van der Waals surface area contributed by atoms with Crippen LogP contribution in [-0.2, 0) is 4.79 Å². The lowest BCUT2D eigenvalue weighted by molar-refractivity contribution is -0.142. The molecule has 3 N–H and O–H groups in total. The number of nitrogens with one attached hydrogen (secondary N) is 1. The molecule has 0 aliphatic rings. The Kier molecular flexibility index (Phi) is 5.37. The first-order valence-corrected chi connectivity index (χ1v) is 6.24. The van der Waals surface area contributed by atoms with Crippen LogP contribution in [0.1, 0.15) is 24.2 Å². The van der Waals surface area contributed by atoms with Gasteiger partial charge in [-0.1, -0.05) is 13.8 Å². The number of phenolic OH excluding ortho intramolecular Hbond substituents is 1. The number of carboxylic acid groups (broad SMARTS) is 1. The van der Waals surface area contributed by atoms with Crippen molar-refractivity contribution in [3.63, 3.8) is 0 Å². The minimum absolute atomic E-state index is 0.0112. The summed E-state index contributed by atoms with van der Waals surface area (Å²) in [5.41, 5.74) is 0.0821. The van der Waals surface area contributed by atoms with Gasteiger partial charge in [0.2, 0.25) is 0 Å². The number of rotatable bonds is 6. The Morgan fingerprint density at radius 3 is 2.45 bits per heavy atom. The van der Waals surface area contributed by atoms with E-state index in [1.165, 1.54) is 19.2 Å². The third kappa shape index (κ3) is 3.88. The molecule has 1 rings (SSSR count). The van der Waals surface area contributed by atoms with Crippen molar-refractivity contribution >= 4 is 11.9 Å². The summed E-state index contributed by atoms with van der Waals surface area (Å²) in [6.07, 6.45) is 0. The minimum atomic E-state index is -0.959. The van der Waals surface area contributed by atoms with Gasteiger partial charge in [-0.25, -0.2) is 0 Å². The van der Waals surface area contributed by atoms with Gasteiger partial charge in [0.25, 0.3) is 5.91 Å². The molecule has 6 heteroatoms. The zero-order valence-electron chi connectivity index (χ0n) is 11.7. The molecule has 1 amide bonds. The first-order valence-electron chi connectivity index (χ1n) is 6.24. The monoisotopic (exact) mass is 281 g/mol. The molecule has 1 aromatic rings. The highest BCUT2D eigenvalue weighted by molar-refractivity contribution is 5.97. The van der Waals surface area contributed by atoms with Gasteiger partial charge in [0, 0.05) is 12.6 Å². The number of ether oxygens (including phenoxy) is 1. The van der Waals surface area contributed by atoms with Gasteiger partial charge in [-0.15, -0.1) is 0 Å². The molecule has 0 saturated carbocycles. The third-order valence-electron chi connectivity index (χ3n) is 3.05. The van der Waals surface area contributed by atoms with E-state index >= 15 is 0 Å². The number of phenols is 1. The molecule has 1 unspecified atom stereocenters. The number of carboxylic acids is 1. The van der Waals surface area contributed by atoms with Crippen molar-refractivity contribution in [2.45, 2.75) is 13.8 Å². The highest BCUT2D eigenvalue weighted by atomic mass is 16.5. The summed E-state index contributed by atoms with van der Waals surface area (Å²) in [6.45, 7) is 3.56. The molecule has 6 nitrogen and oxygen atoms in total. The van der Waals surface area contributed by atoms with Gasteiger partial charge >= 0.3 is 5.97 Å². The Balaban J connectivity index is 2.74. The highest BCUT2D eigenvalue weighted by Gasteiger charge is 2.22.